The van der Waals surface area contributed by atoms with Crippen LogP contribution in [0.1, 0.15) is 32.6 Å². The molecule has 19 heavy (non-hydrogen) atoms. The number of carboxylic acids is 1. The minimum Gasteiger partial charge on any atom is -0.481 e. The van der Waals surface area contributed by atoms with Crippen LogP contribution >= 0.6 is 0 Å². The van der Waals surface area contributed by atoms with Crippen molar-refractivity contribution in [1.82, 2.24) is 10.2 Å². The van der Waals surface area contributed by atoms with Gasteiger partial charge in [-0.25, -0.2) is 4.79 Å². The Balaban J connectivity index is 1.90. The summed E-state index contributed by atoms with van der Waals surface area (Å²) in [5, 5.41) is 12.2. The van der Waals surface area contributed by atoms with E-state index in [0.29, 0.717) is 32.6 Å². The fourth-order valence-corrected chi connectivity index (χ4v) is 2.89. The lowest BCUT2D eigenvalue weighted by Crippen LogP contribution is -2.53. The molecule has 2 rings (SSSR count). The molecule has 0 bridgehead atoms. The molecular weight excluding hydrogens is 248 g/mol. The first-order valence-electron chi connectivity index (χ1n) is 6.91. The van der Waals surface area contributed by atoms with Gasteiger partial charge in [0.2, 0.25) is 0 Å². The zero-order chi connectivity index (χ0) is 13.9. The largest absolute Gasteiger partial charge is 0.481 e. The summed E-state index contributed by atoms with van der Waals surface area (Å²) in [6.07, 6.45) is 3.16. The first-order valence-corrected chi connectivity index (χ1v) is 6.91. The third kappa shape index (κ3) is 3.00. The Morgan fingerprint density at radius 1 is 1.42 bits per heavy atom. The van der Waals surface area contributed by atoms with Gasteiger partial charge in [-0.3, -0.25) is 4.79 Å². The summed E-state index contributed by atoms with van der Waals surface area (Å²) in [4.78, 5) is 25.2. The van der Waals surface area contributed by atoms with Crippen LogP contribution in [-0.4, -0.2) is 54.4 Å². The highest BCUT2D eigenvalue weighted by Crippen LogP contribution is 2.37. The summed E-state index contributed by atoms with van der Waals surface area (Å²) in [5.41, 5.74) is -0.759. The number of rotatable bonds is 3. The van der Waals surface area contributed by atoms with Gasteiger partial charge in [0.15, 0.2) is 0 Å². The molecule has 0 radical (unpaired) electrons. The SMILES string of the molecule is CC1COCCN1C(=O)NCC1(C(=O)O)CCCC1. The maximum Gasteiger partial charge on any atom is 0.317 e. The summed E-state index contributed by atoms with van der Waals surface area (Å²) in [6, 6.07) is -0.138. The fraction of sp³-hybridized carbons (Fsp3) is 0.846. The van der Waals surface area contributed by atoms with Gasteiger partial charge in [0, 0.05) is 13.1 Å². The van der Waals surface area contributed by atoms with Gasteiger partial charge in [0.05, 0.1) is 24.7 Å². The van der Waals surface area contributed by atoms with Gasteiger partial charge in [0.25, 0.3) is 0 Å². The van der Waals surface area contributed by atoms with Crippen LogP contribution in [0.5, 0.6) is 0 Å². The average molecular weight is 270 g/mol. The number of nitrogens with zero attached hydrogens (tertiary/aromatic N) is 1. The van der Waals surface area contributed by atoms with Gasteiger partial charge in [-0.2, -0.15) is 0 Å². The van der Waals surface area contributed by atoms with E-state index < -0.39 is 11.4 Å². The number of carboxylic acid groups (broad SMARTS) is 1. The number of aliphatic carboxylic acids is 1. The molecular formula is C13H22N2O4. The molecule has 0 aromatic rings. The Morgan fingerprint density at radius 3 is 2.68 bits per heavy atom. The molecule has 2 N–H and O–H groups in total. The second kappa shape index (κ2) is 5.77. The molecule has 0 spiro atoms. The summed E-state index contributed by atoms with van der Waals surface area (Å²) in [7, 11) is 0. The van der Waals surface area contributed by atoms with E-state index in [9.17, 15) is 14.7 Å². The molecule has 108 valence electrons. The van der Waals surface area contributed by atoms with E-state index in [1.54, 1.807) is 4.90 Å². The van der Waals surface area contributed by atoms with Crippen LogP contribution in [0.15, 0.2) is 0 Å². The number of hydrogen-bond donors (Lipinski definition) is 2. The molecule has 1 heterocycles. The monoisotopic (exact) mass is 270 g/mol. The molecule has 2 aliphatic rings. The van der Waals surface area contributed by atoms with Crippen molar-refractivity contribution in [2.45, 2.75) is 38.6 Å². The van der Waals surface area contributed by atoms with Crippen molar-refractivity contribution < 1.29 is 19.4 Å². The van der Waals surface area contributed by atoms with E-state index in [2.05, 4.69) is 5.32 Å². The number of carbonyl (C=O) groups excluding carboxylic acids is 1. The molecule has 1 saturated carbocycles. The number of hydrogen-bond acceptors (Lipinski definition) is 3. The standard InChI is InChI=1S/C13H22N2O4/c1-10-8-19-7-6-15(10)12(18)14-9-13(11(16)17)4-2-3-5-13/h10H,2-9H2,1H3,(H,14,18)(H,16,17). The highest BCUT2D eigenvalue weighted by Gasteiger charge is 2.41. The van der Waals surface area contributed by atoms with Crippen molar-refractivity contribution in [3.05, 3.63) is 0 Å². The molecule has 1 aliphatic heterocycles. The Hall–Kier alpha value is -1.30. The zero-order valence-corrected chi connectivity index (χ0v) is 11.4. The second-order valence-corrected chi connectivity index (χ2v) is 5.57. The van der Waals surface area contributed by atoms with E-state index in [1.807, 2.05) is 6.92 Å². The average Bonchev–Trinajstić information content (AvgIpc) is 2.86. The van der Waals surface area contributed by atoms with E-state index in [-0.39, 0.29) is 18.6 Å². The minimum atomic E-state index is -0.791. The summed E-state index contributed by atoms with van der Waals surface area (Å²) in [5.74, 6) is -0.791. The van der Waals surface area contributed by atoms with Gasteiger partial charge >= 0.3 is 12.0 Å². The van der Waals surface area contributed by atoms with Crippen molar-refractivity contribution >= 4 is 12.0 Å². The van der Waals surface area contributed by atoms with Gasteiger partial charge in [-0.1, -0.05) is 12.8 Å². The number of urea groups is 1. The third-order valence-corrected chi connectivity index (χ3v) is 4.22. The highest BCUT2D eigenvalue weighted by molar-refractivity contribution is 5.78. The molecule has 6 nitrogen and oxygen atoms in total. The predicted molar refractivity (Wildman–Crippen MR) is 68.9 cm³/mol. The van der Waals surface area contributed by atoms with Crippen molar-refractivity contribution in [3.8, 4) is 0 Å². The molecule has 0 aromatic heterocycles. The Labute approximate surface area is 113 Å². The van der Waals surface area contributed by atoms with E-state index >= 15 is 0 Å². The van der Waals surface area contributed by atoms with Crippen molar-refractivity contribution in [2.24, 2.45) is 5.41 Å². The maximum absolute atomic E-state index is 12.1. The van der Waals surface area contributed by atoms with Crippen molar-refractivity contribution in [3.63, 3.8) is 0 Å². The van der Waals surface area contributed by atoms with Crippen LogP contribution in [-0.2, 0) is 9.53 Å². The lowest BCUT2D eigenvalue weighted by Gasteiger charge is -2.34. The van der Waals surface area contributed by atoms with Crippen LogP contribution in [0, 0.1) is 5.41 Å². The molecule has 2 amide bonds. The maximum atomic E-state index is 12.1. The van der Waals surface area contributed by atoms with Crippen molar-refractivity contribution in [2.75, 3.05) is 26.3 Å². The van der Waals surface area contributed by atoms with Crippen LogP contribution in [0.2, 0.25) is 0 Å². The van der Waals surface area contributed by atoms with Gasteiger partial charge < -0.3 is 20.1 Å². The van der Waals surface area contributed by atoms with Gasteiger partial charge in [-0.05, 0) is 19.8 Å². The molecule has 1 unspecified atom stereocenters. The molecule has 1 atom stereocenters. The number of carbonyl (C=O) groups is 2. The fourth-order valence-electron chi connectivity index (χ4n) is 2.89. The molecule has 6 heteroatoms. The molecule has 1 aliphatic carbocycles. The number of amides is 2. The Morgan fingerprint density at radius 2 is 2.11 bits per heavy atom. The van der Waals surface area contributed by atoms with E-state index in [0.717, 1.165) is 12.8 Å². The van der Waals surface area contributed by atoms with Crippen molar-refractivity contribution in [1.29, 1.82) is 0 Å². The first kappa shape index (κ1) is 14.1. The quantitative estimate of drug-likeness (QED) is 0.803. The first-order chi connectivity index (χ1) is 9.05. The highest BCUT2D eigenvalue weighted by atomic mass is 16.5. The third-order valence-electron chi connectivity index (χ3n) is 4.22. The summed E-state index contributed by atoms with van der Waals surface area (Å²) < 4.78 is 5.28. The van der Waals surface area contributed by atoms with Crippen LogP contribution < -0.4 is 5.32 Å². The number of ether oxygens (including phenoxy) is 1. The van der Waals surface area contributed by atoms with Gasteiger partial charge in [-0.15, -0.1) is 0 Å². The van der Waals surface area contributed by atoms with E-state index in [4.69, 9.17) is 4.74 Å². The number of nitrogens with one attached hydrogen (secondary N) is 1. The summed E-state index contributed by atoms with van der Waals surface area (Å²) in [6.45, 7) is 3.80. The van der Waals surface area contributed by atoms with Crippen LogP contribution in [0.4, 0.5) is 4.79 Å². The topological polar surface area (TPSA) is 78.9 Å². The Kier molecular flexibility index (Phi) is 4.29. The predicted octanol–water partition coefficient (Wildman–Crippen LogP) is 1.06. The smallest absolute Gasteiger partial charge is 0.317 e. The normalized spacial score (nSPS) is 26.2. The van der Waals surface area contributed by atoms with Gasteiger partial charge in [0.1, 0.15) is 0 Å². The lowest BCUT2D eigenvalue weighted by atomic mass is 9.86. The van der Waals surface area contributed by atoms with E-state index in [1.165, 1.54) is 0 Å². The second-order valence-electron chi connectivity index (χ2n) is 5.57. The minimum absolute atomic E-state index is 0.0399. The lowest BCUT2D eigenvalue weighted by molar-refractivity contribution is -0.148. The van der Waals surface area contributed by atoms with Crippen LogP contribution in [0.3, 0.4) is 0 Å². The zero-order valence-electron chi connectivity index (χ0n) is 11.4. The molecule has 2 fully saturated rings. The molecule has 1 saturated heterocycles. The molecule has 0 aromatic carbocycles. The summed E-state index contributed by atoms with van der Waals surface area (Å²) >= 11 is 0. The number of morpholine rings is 1. The van der Waals surface area contributed by atoms with Crippen LogP contribution in [0.25, 0.3) is 0 Å². The Bertz CT molecular complexity index is 353.